The molecular weight excluding hydrogens is 299 g/mol. The number of nitrogens with zero attached hydrogens (tertiary/aromatic N) is 1. The van der Waals surface area contributed by atoms with Crippen LogP contribution in [0.4, 0.5) is 4.39 Å². The molecule has 1 N–H and O–H groups in total. The SMILES string of the molecule is CCOc1ccccc1C=NNC(=O)COc1ccc(F)cc1. The van der Waals surface area contributed by atoms with E-state index in [1.165, 1.54) is 30.5 Å². The minimum Gasteiger partial charge on any atom is -0.493 e. The summed E-state index contributed by atoms with van der Waals surface area (Å²) in [5, 5.41) is 3.87. The van der Waals surface area contributed by atoms with Crippen LogP contribution in [-0.2, 0) is 4.79 Å². The van der Waals surface area contributed by atoms with Crippen LogP contribution >= 0.6 is 0 Å². The molecule has 0 radical (unpaired) electrons. The predicted octanol–water partition coefficient (Wildman–Crippen LogP) is 2.75. The number of benzene rings is 2. The molecule has 1 amide bonds. The Bertz CT molecular complexity index is 672. The molecule has 2 aromatic carbocycles. The zero-order valence-corrected chi connectivity index (χ0v) is 12.7. The first-order valence-corrected chi connectivity index (χ1v) is 7.11. The number of amides is 1. The zero-order chi connectivity index (χ0) is 16.5. The zero-order valence-electron chi connectivity index (χ0n) is 12.7. The summed E-state index contributed by atoms with van der Waals surface area (Å²) in [7, 11) is 0. The number of ether oxygens (including phenoxy) is 2. The van der Waals surface area contributed by atoms with Crippen LogP contribution in [0.15, 0.2) is 53.6 Å². The van der Waals surface area contributed by atoms with Crippen molar-refractivity contribution in [2.75, 3.05) is 13.2 Å². The van der Waals surface area contributed by atoms with Crippen LogP contribution in [-0.4, -0.2) is 25.3 Å². The maximum absolute atomic E-state index is 12.7. The molecule has 0 fully saturated rings. The summed E-state index contributed by atoms with van der Waals surface area (Å²) in [6.07, 6.45) is 1.50. The third-order valence-corrected chi connectivity index (χ3v) is 2.80. The molecule has 0 bridgehead atoms. The topological polar surface area (TPSA) is 59.9 Å². The lowest BCUT2D eigenvalue weighted by atomic mass is 10.2. The van der Waals surface area contributed by atoms with Crippen molar-refractivity contribution in [3.05, 3.63) is 59.9 Å². The van der Waals surface area contributed by atoms with E-state index in [0.29, 0.717) is 18.1 Å². The summed E-state index contributed by atoms with van der Waals surface area (Å²) in [6.45, 7) is 2.22. The quantitative estimate of drug-likeness (QED) is 0.631. The van der Waals surface area contributed by atoms with E-state index in [-0.39, 0.29) is 12.4 Å². The fourth-order valence-corrected chi connectivity index (χ4v) is 1.76. The first kappa shape index (κ1) is 16.5. The molecule has 0 unspecified atom stereocenters. The smallest absolute Gasteiger partial charge is 0.277 e. The second kappa shape index (κ2) is 8.53. The molecule has 0 atom stereocenters. The van der Waals surface area contributed by atoms with Gasteiger partial charge in [0, 0.05) is 5.56 Å². The predicted molar refractivity (Wildman–Crippen MR) is 85.2 cm³/mol. The van der Waals surface area contributed by atoms with Crippen molar-refractivity contribution in [3.63, 3.8) is 0 Å². The van der Waals surface area contributed by atoms with Gasteiger partial charge < -0.3 is 9.47 Å². The molecule has 0 aliphatic carbocycles. The number of carbonyl (C=O) groups is 1. The lowest BCUT2D eigenvalue weighted by Gasteiger charge is -2.06. The van der Waals surface area contributed by atoms with Crippen molar-refractivity contribution in [1.29, 1.82) is 0 Å². The van der Waals surface area contributed by atoms with Gasteiger partial charge in [-0.05, 0) is 43.3 Å². The van der Waals surface area contributed by atoms with Gasteiger partial charge in [0.2, 0.25) is 0 Å². The standard InChI is InChI=1S/C17H17FN2O3/c1-2-22-16-6-4-3-5-13(16)11-19-20-17(21)12-23-15-9-7-14(18)8-10-15/h3-11H,2,12H2,1H3,(H,20,21). The molecule has 0 spiro atoms. The fourth-order valence-electron chi connectivity index (χ4n) is 1.76. The Balaban J connectivity index is 1.83. The average molecular weight is 316 g/mol. The second-order valence-electron chi connectivity index (χ2n) is 4.51. The molecule has 5 nitrogen and oxygen atoms in total. The Morgan fingerprint density at radius 2 is 1.91 bits per heavy atom. The minimum absolute atomic E-state index is 0.212. The lowest BCUT2D eigenvalue weighted by molar-refractivity contribution is -0.123. The maximum atomic E-state index is 12.7. The van der Waals surface area contributed by atoms with Gasteiger partial charge in [-0.2, -0.15) is 5.10 Å². The first-order chi connectivity index (χ1) is 11.2. The van der Waals surface area contributed by atoms with Gasteiger partial charge in [-0.1, -0.05) is 12.1 Å². The van der Waals surface area contributed by atoms with E-state index in [9.17, 15) is 9.18 Å². The summed E-state index contributed by atoms with van der Waals surface area (Å²) < 4.78 is 23.4. The average Bonchev–Trinajstić information content (AvgIpc) is 2.56. The molecule has 0 aliphatic rings. The van der Waals surface area contributed by atoms with Crippen molar-refractivity contribution >= 4 is 12.1 Å². The molecular formula is C17H17FN2O3. The number of hydrazone groups is 1. The van der Waals surface area contributed by atoms with Crippen LogP contribution in [0.1, 0.15) is 12.5 Å². The molecule has 120 valence electrons. The molecule has 0 saturated heterocycles. The van der Waals surface area contributed by atoms with Crippen LogP contribution in [0.5, 0.6) is 11.5 Å². The number of nitrogens with one attached hydrogen (secondary N) is 1. The van der Waals surface area contributed by atoms with E-state index < -0.39 is 5.91 Å². The molecule has 2 aromatic rings. The summed E-state index contributed by atoms with van der Waals surface area (Å²) >= 11 is 0. The number of hydrogen-bond acceptors (Lipinski definition) is 4. The molecule has 6 heteroatoms. The van der Waals surface area contributed by atoms with E-state index in [1.54, 1.807) is 0 Å². The highest BCUT2D eigenvalue weighted by molar-refractivity contribution is 5.85. The van der Waals surface area contributed by atoms with Gasteiger partial charge in [-0.3, -0.25) is 4.79 Å². The Morgan fingerprint density at radius 1 is 1.17 bits per heavy atom. The van der Waals surface area contributed by atoms with Gasteiger partial charge in [0.1, 0.15) is 17.3 Å². The fraction of sp³-hybridized carbons (Fsp3) is 0.176. The number of hydrogen-bond donors (Lipinski definition) is 1. The Morgan fingerprint density at radius 3 is 2.65 bits per heavy atom. The van der Waals surface area contributed by atoms with Crippen molar-refractivity contribution in [2.45, 2.75) is 6.92 Å². The van der Waals surface area contributed by atoms with Crippen molar-refractivity contribution in [3.8, 4) is 11.5 Å². The highest BCUT2D eigenvalue weighted by Gasteiger charge is 2.02. The Kier molecular flexibility index (Phi) is 6.11. The maximum Gasteiger partial charge on any atom is 0.277 e. The van der Waals surface area contributed by atoms with Gasteiger partial charge in [-0.15, -0.1) is 0 Å². The third kappa shape index (κ3) is 5.43. The van der Waals surface area contributed by atoms with Gasteiger partial charge in [0.15, 0.2) is 6.61 Å². The largest absolute Gasteiger partial charge is 0.493 e. The highest BCUT2D eigenvalue weighted by Crippen LogP contribution is 2.15. The molecule has 23 heavy (non-hydrogen) atoms. The van der Waals surface area contributed by atoms with Gasteiger partial charge in [0.05, 0.1) is 12.8 Å². The Hall–Kier alpha value is -2.89. The van der Waals surface area contributed by atoms with Crippen LogP contribution in [0.2, 0.25) is 0 Å². The molecule has 0 heterocycles. The summed E-state index contributed by atoms with van der Waals surface area (Å²) in [4.78, 5) is 11.6. The lowest BCUT2D eigenvalue weighted by Crippen LogP contribution is -2.24. The van der Waals surface area contributed by atoms with Crippen LogP contribution in [0, 0.1) is 5.82 Å². The number of carbonyl (C=O) groups excluding carboxylic acids is 1. The summed E-state index contributed by atoms with van der Waals surface area (Å²) in [5.74, 6) is 0.321. The second-order valence-corrected chi connectivity index (χ2v) is 4.51. The normalized spacial score (nSPS) is 10.5. The van der Waals surface area contributed by atoms with Gasteiger partial charge >= 0.3 is 0 Å². The monoisotopic (exact) mass is 316 g/mol. The van der Waals surface area contributed by atoms with E-state index >= 15 is 0 Å². The Labute approximate surface area is 133 Å². The van der Waals surface area contributed by atoms with E-state index in [0.717, 1.165) is 5.56 Å². The summed E-state index contributed by atoms with van der Waals surface area (Å²) in [6, 6.07) is 12.8. The number of halogens is 1. The minimum atomic E-state index is -0.417. The van der Waals surface area contributed by atoms with E-state index in [1.807, 2.05) is 31.2 Å². The van der Waals surface area contributed by atoms with Crippen molar-refractivity contribution in [2.24, 2.45) is 5.10 Å². The third-order valence-electron chi connectivity index (χ3n) is 2.80. The summed E-state index contributed by atoms with van der Waals surface area (Å²) in [5.41, 5.74) is 3.12. The van der Waals surface area contributed by atoms with E-state index in [2.05, 4.69) is 10.5 Å². The van der Waals surface area contributed by atoms with Crippen molar-refractivity contribution in [1.82, 2.24) is 5.43 Å². The van der Waals surface area contributed by atoms with Crippen LogP contribution in [0.25, 0.3) is 0 Å². The molecule has 0 saturated carbocycles. The molecule has 0 aliphatic heterocycles. The first-order valence-electron chi connectivity index (χ1n) is 7.11. The molecule has 2 rings (SSSR count). The highest BCUT2D eigenvalue weighted by atomic mass is 19.1. The van der Waals surface area contributed by atoms with Crippen LogP contribution in [0.3, 0.4) is 0 Å². The van der Waals surface area contributed by atoms with Gasteiger partial charge in [0.25, 0.3) is 5.91 Å². The number of rotatable bonds is 7. The molecule has 0 aromatic heterocycles. The van der Waals surface area contributed by atoms with Gasteiger partial charge in [-0.25, -0.2) is 9.82 Å². The van der Waals surface area contributed by atoms with Crippen molar-refractivity contribution < 1.29 is 18.7 Å². The number of para-hydroxylation sites is 1. The van der Waals surface area contributed by atoms with E-state index in [4.69, 9.17) is 9.47 Å². The van der Waals surface area contributed by atoms with Crippen LogP contribution < -0.4 is 14.9 Å².